The molecule has 0 aliphatic rings. The Bertz CT molecular complexity index is 1030. The number of aryl methyl sites for hydroxylation is 1. The summed E-state index contributed by atoms with van der Waals surface area (Å²) in [5, 5.41) is 3.61. The van der Waals surface area contributed by atoms with Crippen LogP contribution in [0.1, 0.15) is 23.6 Å². The van der Waals surface area contributed by atoms with E-state index in [1.807, 2.05) is 66.7 Å². The molecule has 0 aliphatic heterocycles. The van der Waals surface area contributed by atoms with Crippen LogP contribution < -0.4 is 14.8 Å². The number of carbonyl (C=O) groups excluding carboxylic acids is 1. The van der Waals surface area contributed by atoms with Gasteiger partial charge in [0.25, 0.3) is 0 Å². The fraction of sp³-hybridized carbons (Fsp3) is 0.160. The zero-order valence-electron chi connectivity index (χ0n) is 17.0. The molecule has 3 rings (SSSR count). The maximum absolute atomic E-state index is 12.3. The summed E-state index contributed by atoms with van der Waals surface area (Å²) >= 11 is 5.91. The van der Waals surface area contributed by atoms with Gasteiger partial charge in [0.1, 0.15) is 6.61 Å². The summed E-state index contributed by atoms with van der Waals surface area (Å²) in [6.45, 7) is 2.46. The number of amides is 1. The van der Waals surface area contributed by atoms with Crippen LogP contribution in [-0.2, 0) is 17.8 Å². The number of para-hydroxylation sites is 1. The van der Waals surface area contributed by atoms with E-state index in [1.165, 1.54) is 6.08 Å². The van der Waals surface area contributed by atoms with Crippen LogP contribution in [0.25, 0.3) is 6.08 Å². The molecule has 30 heavy (non-hydrogen) atoms. The zero-order chi connectivity index (χ0) is 21.3. The topological polar surface area (TPSA) is 47.6 Å². The van der Waals surface area contributed by atoms with Crippen molar-refractivity contribution in [3.8, 4) is 11.5 Å². The number of ether oxygens (including phenoxy) is 2. The van der Waals surface area contributed by atoms with Crippen LogP contribution in [0.4, 0.5) is 5.69 Å². The largest absolute Gasteiger partial charge is 0.493 e. The molecule has 0 heterocycles. The highest BCUT2D eigenvalue weighted by Crippen LogP contribution is 2.29. The average molecular weight is 422 g/mol. The Morgan fingerprint density at radius 3 is 2.53 bits per heavy atom. The molecule has 1 N–H and O–H groups in total. The van der Waals surface area contributed by atoms with Crippen molar-refractivity contribution in [2.24, 2.45) is 0 Å². The molecule has 4 nitrogen and oxygen atoms in total. The van der Waals surface area contributed by atoms with E-state index in [0.717, 1.165) is 28.8 Å². The van der Waals surface area contributed by atoms with Gasteiger partial charge in [-0.2, -0.15) is 0 Å². The molecule has 3 aromatic rings. The molecular weight excluding hydrogens is 398 g/mol. The number of nitrogens with one attached hydrogen (secondary N) is 1. The number of methoxy groups -OCH3 is 1. The van der Waals surface area contributed by atoms with Gasteiger partial charge in [0, 0.05) is 16.8 Å². The van der Waals surface area contributed by atoms with Crippen LogP contribution in [0, 0.1) is 0 Å². The smallest absolute Gasteiger partial charge is 0.248 e. The van der Waals surface area contributed by atoms with Crippen molar-refractivity contribution in [1.82, 2.24) is 0 Å². The highest BCUT2D eigenvalue weighted by atomic mass is 35.5. The Labute approximate surface area is 182 Å². The van der Waals surface area contributed by atoms with Crippen molar-refractivity contribution in [2.45, 2.75) is 20.0 Å². The first-order valence-corrected chi connectivity index (χ1v) is 10.1. The quantitative estimate of drug-likeness (QED) is 0.444. The predicted molar refractivity (Wildman–Crippen MR) is 122 cm³/mol. The van der Waals surface area contributed by atoms with Crippen LogP contribution in [0.5, 0.6) is 11.5 Å². The number of rotatable bonds is 8. The molecule has 0 aliphatic carbocycles. The first-order chi connectivity index (χ1) is 14.6. The highest BCUT2D eigenvalue weighted by molar-refractivity contribution is 6.30. The van der Waals surface area contributed by atoms with Gasteiger partial charge >= 0.3 is 0 Å². The second-order valence-electron chi connectivity index (χ2n) is 6.66. The lowest BCUT2D eigenvalue weighted by atomic mass is 10.1. The third kappa shape index (κ3) is 5.88. The minimum Gasteiger partial charge on any atom is -0.493 e. The fourth-order valence-electron chi connectivity index (χ4n) is 2.95. The third-order valence-corrected chi connectivity index (χ3v) is 4.83. The Kier molecular flexibility index (Phi) is 7.52. The molecular formula is C25H24ClNO3. The molecule has 0 saturated carbocycles. The van der Waals surface area contributed by atoms with Crippen molar-refractivity contribution < 1.29 is 14.3 Å². The first kappa shape index (κ1) is 21.5. The van der Waals surface area contributed by atoms with Gasteiger partial charge in [-0.1, -0.05) is 54.9 Å². The van der Waals surface area contributed by atoms with Crippen molar-refractivity contribution in [1.29, 1.82) is 0 Å². The summed E-state index contributed by atoms with van der Waals surface area (Å²) in [4.78, 5) is 12.3. The lowest BCUT2D eigenvalue weighted by Gasteiger charge is -2.11. The number of anilines is 1. The molecule has 0 spiro atoms. The summed E-state index contributed by atoms with van der Waals surface area (Å²) in [7, 11) is 1.59. The summed E-state index contributed by atoms with van der Waals surface area (Å²) in [6, 6.07) is 20.8. The summed E-state index contributed by atoms with van der Waals surface area (Å²) in [5.74, 6) is 1.05. The molecule has 154 valence electrons. The van der Waals surface area contributed by atoms with E-state index >= 15 is 0 Å². The van der Waals surface area contributed by atoms with E-state index in [2.05, 4.69) is 12.2 Å². The number of benzene rings is 3. The normalized spacial score (nSPS) is 10.8. The van der Waals surface area contributed by atoms with Crippen molar-refractivity contribution in [2.75, 3.05) is 12.4 Å². The van der Waals surface area contributed by atoms with Gasteiger partial charge in [-0.3, -0.25) is 4.79 Å². The molecule has 0 aromatic heterocycles. The lowest BCUT2D eigenvalue weighted by molar-refractivity contribution is -0.111. The van der Waals surface area contributed by atoms with E-state index in [4.69, 9.17) is 21.1 Å². The number of hydrogen-bond acceptors (Lipinski definition) is 3. The molecule has 0 atom stereocenters. The first-order valence-electron chi connectivity index (χ1n) is 9.71. The Balaban J connectivity index is 1.64. The monoisotopic (exact) mass is 421 g/mol. The SMILES string of the molecule is CCc1ccccc1NC(=O)C=Cc1ccc(OCc2ccc(Cl)cc2)c(OC)c1. The van der Waals surface area contributed by atoms with E-state index in [1.54, 1.807) is 13.2 Å². The van der Waals surface area contributed by atoms with Gasteiger partial charge in [0.2, 0.25) is 5.91 Å². The molecule has 0 fully saturated rings. The summed E-state index contributed by atoms with van der Waals surface area (Å²) in [6.07, 6.45) is 4.11. The van der Waals surface area contributed by atoms with E-state index in [0.29, 0.717) is 23.1 Å². The van der Waals surface area contributed by atoms with E-state index in [9.17, 15) is 4.79 Å². The molecule has 0 radical (unpaired) electrons. The van der Waals surface area contributed by atoms with E-state index < -0.39 is 0 Å². The minimum atomic E-state index is -0.182. The van der Waals surface area contributed by atoms with Crippen LogP contribution in [0.2, 0.25) is 5.02 Å². The maximum atomic E-state index is 12.3. The highest BCUT2D eigenvalue weighted by Gasteiger charge is 2.07. The molecule has 1 amide bonds. The number of halogens is 1. The molecule has 3 aromatic carbocycles. The predicted octanol–water partition coefficient (Wildman–Crippen LogP) is 6.14. The molecule has 5 heteroatoms. The third-order valence-electron chi connectivity index (χ3n) is 4.58. The van der Waals surface area contributed by atoms with Gasteiger partial charge in [-0.05, 0) is 59.5 Å². The Hall–Kier alpha value is -3.24. The second-order valence-corrected chi connectivity index (χ2v) is 7.10. The fourth-order valence-corrected chi connectivity index (χ4v) is 3.07. The number of hydrogen-bond donors (Lipinski definition) is 1. The number of carbonyl (C=O) groups is 1. The Morgan fingerprint density at radius 1 is 1.03 bits per heavy atom. The van der Waals surface area contributed by atoms with Crippen LogP contribution in [-0.4, -0.2) is 13.0 Å². The molecule has 0 unspecified atom stereocenters. The van der Waals surface area contributed by atoms with Crippen molar-refractivity contribution >= 4 is 29.3 Å². The maximum Gasteiger partial charge on any atom is 0.248 e. The average Bonchev–Trinajstić information content (AvgIpc) is 2.78. The van der Waals surface area contributed by atoms with Gasteiger partial charge < -0.3 is 14.8 Å². The van der Waals surface area contributed by atoms with Gasteiger partial charge in [0.05, 0.1) is 7.11 Å². The van der Waals surface area contributed by atoms with Crippen molar-refractivity contribution in [3.05, 3.63) is 94.5 Å². The van der Waals surface area contributed by atoms with Crippen LogP contribution in [0.3, 0.4) is 0 Å². The zero-order valence-corrected chi connectivity index (χ0v) is 17.8. The minimum absolute atomic E-state index is 0.182. The summed E-state index contributed by atoms with van der Waals surface area (Å²) < 4.78 is 11.3. The molecule has 0 saturated heterocycles. The molecule has 0 bridgehead atoms. The van der Waals surface area contributed by atoms with Crippen molar-refractivity contribution in [3.63, 3.8) is 0 Å². The van der Waals surface area contributed by atoms with Crippen LogP contribution in [0.15, 0.2) is 72.8 Å². The Morgan fingerprint density at radius 2 is 1.80 bits per heavy atom. The second kappa shape index (κ2) is 10.5. The summed E-state index contributed by atoms with van der Waals surface area (Å²) in [5.41, 5.74) is 3.78. The van der Waals surface area contributed by atoms with E-state index in [-0.39, 0.29) is 5.91 Å². The van der Waals surface area contributed by atoms with Gasteiger partial charge in [0.15, 0.2) is 11.5 Å². The van der Waals surface area contributed by atoms with Crippen LogP contribution >= 0.6 is 11.6 Å². The van der Waals surface area contributed by atoms with Gasteiger partial charge in [-0.15, -0.1) is 0 Å². The lowest BCUT2D eigenvalue weighted by Crippen LogP contribution is -2.09. The standard InChI is InChI=1S/C25H24ClNO3/c1-3-20-6-4-5-7-22(20)27-25(28)15-11-18-10-14-23(24(16-18)29-2)30-17-19-8-12-21(26)13-9-19/h4-16H,3,17H2,1-2H3,(H,27,28). The van der Waals surface area contributed by atoms with Gasteiger partial charge in [-0.25, -0.2) is 0 Å².